The number of benzene rings is 1. The second-order valence-electron chi connectivity index (χ2n) is 3.61. The highest BCUT2D eigenvalue weighted by Gasteiger charge is 2.14. The van der Waals surface area contributed by atoms with Crippen LogP contribution in [0.5, 0.6) is 11.5 Å². The van der Waals surface area contributed by atoms with Crippen molar-refractivity contribution in [2.24, 2.45) is 0 Å². The van der Waals surface area contributed by atoms with Crippen LogP contribution in [0.2, 0.25) is 0 Å². The first-order valence-electron chi connectivity index (χ1n) is 5.01. The summed E-state index contributed by atoms with van der Waals surface area (Å²) in [5.41, 5.74) is 2.73. The van der Waals surface area contributed by atoms with E-state index in [1.54, 1.807) is 12.4 Å². The molecular weight excluding hydrogens is 204 g/mol. The molecule has 0 atom stereocenters. The maximum atomic E-state index is 5.32. The summed E-state index contributed by atoms with van der Waals surface area (Å²) in [6.07, 6.45) is 3.47. The number of aryl methyl sites for hydroxylation is 1. The number of hydrogen-bond acceptors (Lipinski definition) is 4. The van der Waals surface area contributed by atoms with Crippen LogP contribution in [0.3, 0.4) is 0 Å². The van der Waals surface area contributed by atoms with Crippen molar-refractivity contribution in [3.63, 3.8) is 0 Å². The molecule has 0 N–H and O–H groups in total. The van der Waals surface area contributed by atoms with Crippen LogP contribution in [-0.2, 0) is 0 Å². The van der Waals surface area contributed by atoms with E-state index in [0.29, 0.717) is 0 Å². The van der Waals surface area contributed by atoms with Crippen LogP contribution in [0.25, 0.3) is 11.3 Å². The molecule has 3 rings (SSSR count). The van der Waals surface area contributed by atoms with Gasteiger partial charge >= 0.3 is 1.43 Å². The summed E-state index contributed by atoms with van der Waals surface area (Å²) in [4.78, 5) is 8.53. The molecule has 4 nitrogen and oxygen atoms in total. The van der Waals surface area contributed by atoms with Crippen LogP contribution in [0, 0.1) is 6.92 Å². The van der Waals surface area contributed by atoms with Gasteiger partial charge in [0.05, 0.1) is 17.6 Å². The molecule has 0 radical (unpaired) electrons. The highest BCUT2D eigenvalue weighted by atomic mass is 16.7. The van der Waals surface area contributed by atoms with E-state index in [1.807, 2.05) is 25.1 Å². The summed E-state index contributed by atoms with van der Waals surface area (Å²) in [6, 6.07) is 5.77. The lowest BCUT2D eigenvalue weighted by Gasteiger charge is -2.02. The Balaban J connectivity index is 0.00000108. The third-order valence-electron chi connectivity index (χ3n) is 2.42. The van der Waals surface area contributed by atoms with Gasteiger partial charge in [-0.05, 0) is 25.1 Å². The number of aromatic nitrogens is 2. The average Bonchev–Trinajstić information content (AvgIpc) is 2.75. The molecule has 1 aromatic heterocycles. The summed E-state index contributed by atoms with van der Waals surface area (Å²) in [5, 5.41) is 0. The molecule has 80 valence electrons. The SMILES string of the molecule is Cc1cncc(-c2ccc3c(c2)OCO3)n1.[H+]. The van der Waals surface area contributed by atoms with Gasteiger partial charge in [0.15, 0.2) is 11.5 Å². The van der Waals surface area contributed by atoms with E-state index in [-0.39, 0.29) is 8.22 Å². The van der Waals surface area contributed by atoms with E-state index < -0.39 is 0 Å². The van der Waals surface area contributed by atoms with Crippen LogP contribution >= 0.6 is 0 Å². The molecule has 0 spiro atoms. The number of ether oxygens (including phenoxy) is 2. The Morgan fingerprint density at radius 2 is 2.06 bits per heavy atom. The second-order valence-corrected chi connectivity index (χ2v) is 3.61. The molecule has 0 unspecified atom stereocenters. The van der Waals surface area contributed by atoms with E-state index >= 15 is 0 Å². The molecule has 4 heteroatoms. The predicted octanol–water partition coefficient (Wildman–Crippen LogP) is 2.29. The van der Waals surface area contributed by atoms with Crippen molar-refractivity contribution >= 4 is 0 Å². The first kappa shape index (κ1) is 9.15. The van der Waals surface area contributed by atoms with Crippen LogP contribution in [0.4, 0.5) is 0 Å². The largest absolute Gasteiger partial charge is 1.00 e. The van der Waals surface area contributed by atoms with E-state index in [4.69, 9.17) is 9.47 Å². The summed E-state index contributed by atoms with van der Waals surface area (Å²) < 4.78 is 10.6. The quantitative estimate of drug-likeness (QED) is 0.732. The third kappa shape index (κ3) is 1.48. The van der Waals surface area contributed by atoms with Gasteiger partial charge in [-0.25, -0.2) is 4.98 Å². The van der Waals surface area contributed by atoms with Crippen molar-refractivity contribution < 1.29 is 10.9 Å². The van der Waals surface area contributed by atoms with Gasteiger partial charge in [0.2, 0.25) is 6.79 Å². The average molecular weight is 215 g/mol. The normalized spacial score (nSPS) is 12.8. The predicted molar refractivity (Wildman–Crippen MR) is 59.4 cm³/mol. The van der Waals surface area contributed by atoms with Crippen molar-refractivity contribution in [3.05, 3.63) is 36.3 Å². The van der Waals surface area contributed by atoms with Gasteiger partial charge in [0.1, 0.15) is 0 Å². The second kappa shape index (κ2) is 3.48. The number of rotatable bonds is 1. The van der Waals surface area contributed by atoms with Crippen LogP contribution in [-0.4, -0.2) is 16.8 Å². The maximum absolute atomic E-state index is 5.32. The number of fused-ring (bicyclic) bond motifs is 1. The van der Waals surface area contributed by atoms with Crippen molar-refractivity contribution in [3.8, 4) is 22.8 Å². The molecule has 0 bridgehead atoms. The molecule has 16 heavy (non-hydrogen) atoms. The topological polar surface area (TPSA) is 44.2 Å². The van der Waals surface area contributed by atoms with Crippen LogP contribution < -0.4 is 9.47 Å². The molecule has 0 fully saturated rings. The lowest BCUT2D eigenvalue weighted by atomic mass is 10.1. The molecule has 0 saturated carbocycles. The highest BCUT2D eigenvalue weighted by molar-refractivity contribution is 5.63. The molecular formula is C12H11N2O2+. The Labute approximate surface area is 94.4 Å². The Bertz CT molecular complexity index is 546. The molecule has 0 saturated heterocycles. The molecule has 2 heterocycles. The molecule has 0 amide bonds. The maximum Gasteiger partial charge on any atom is 1.00 e. The standard InChI is InChI=1S/C12H10N2O2/c1-8-5-13-6-10(14-8)9-2-3-11-12(4-9)16-7-15-11/h2-6H,7H2,1H3/p+1. The van der Waals surface area contributed by atoms with Crippen molar-refractivity contribution in [1.82, 2.24) is 9.97 Å². The van der Waals surface area contributed by atoms with Gasteiger partial charge in [-0.3, -0.25) is 4.98 Å². The van der Waals surface area contributed by atoms with Crippen LogP contribution in [0.1, 0.15) is 7.12 Å². The molecule has 1 aliphatic heterocycles. The summed E-state index contributed by atoms with van der Waals surface area (Å²) in [6.45, 7) is 2.21. The lowest BCUT2D eigenvalue weighted by Crippen LogP contribution is -1.93. The fourth-order valence-electron chi connectivity index (χ4n) is 1.66. The van der Waals surface area contributed by atoms with Crippen molar-refractivity contribution in [2.75, 3.05) is 6.79 Å². The molecule has 2 aromatic rings. The van der Waals surface area contributed by atoms with E-state index in [0.717, 1.165) is 28.5 Å². The Kier molecular flexibility index (Phi) is 1.99. The summed E-state index contributed by atoms with van der Waals surface area (Å²) in [7, 11) is 0. The minimum absolute atomic E-state index is 0. The molecule has 1 aliphatic rings. The summed E-state index contributed by atoms with van der Waals surface area (Å²) >= 11 is 0. The number of hydrogen-bond donors (Lipinski definition) is 0. The zero-order valence-corrected chi connectivity index (χ0v) is 8.80. The van der Waals surface area contributed by atoms with E-state index in [1.165, 1.54) is 0 Å². The van der Waals surface area contributed by atoms with Crippen LogP contribution in [0.15, 0.2) is 30.6 Å². The zero-order valence-electron chi connectivity index (χ0n) is 9.80. The van der Waals surface area contributed by atoms with Gasteiger partial charge in [-0.2, -0.15) is 0 Å². The molecule has 0 aliphatic carbocycles. The van der Waals surface area contributed by atoms with Gasteiger partial charge < -0.3 is 9.47 Å². The third-order valence-corrected chi connectivity index (χ3v) is 2.42. The Hall–Kier alpha value is -2.10. The zero-order chi connectivity index (χ0) is 11.0. The van der Waals surface area contributed by atoms with Crippen molar-refractivity contribution in [2.45, 2.75) is 6.92 Å². The van der Waals surface area contributed by atoms with Gasteiger partial charge in [-0.15, -0.1) is 0 Å². The van der Waals surface area contributed by atoms with Gasteiger partial charge in [-0.1, -0.05) is 0 Å². The lowest BCUT2D eigenvalue weighted by molar-refractivity contribution is 0.174. The summed E-state index contributed by atoms with van der Waals surface area (Å²) in [5.74, 6) is 1.55. The Morgan fingerprint density at radius 3 is 2.94 bits per heavy atom. The fraction of sp³-hybridized carbons (Fsp3) is 0.167. The number of nitrogens with zero attached hydrogens (tertiary/aromatic N) is 2. The first-order valence-corrected chi connectivity index (χ1v) is 5.01. The minimum atomic E-state index is 0. The molecule has 1 aromatic carbocycles. The van der Waals surface area contributed by atoms with E-state index in [2.05, 4.69) is 9.97 Å². The first-order chi connectivity index (χ1) is 7.83. The smallest absolute Gasteiger partial charge is 0.454 e. The fourth-order valence-corrected chi connectivity index (χ4v) is 1.66. The van der Waals surface area contributed by atoms with Gasteiger partial charge in [0.25, 0.3) is 0 Å². The van der Waals surface area contributed by atoms with Crippen molar-refractivity contribution in [1.29, 1.82) is 0 Å². The highest BCUT2D eigenvalue weighted by Crippen LogP contribution is 2.35. The Morgan fingerprint density at radius 1 is 1.19 bits per heavy atom. The van der Waals surface area contributed by atoms with E-state index in [9.17, 15) is 0 Å². The monoisotopic (exact) mass is 215 g/mol. The van der Waals surface area contributed by atoms with Gasteiger partial charge in [0, 0.05) is 11.8 Å². The minimum Gasteiger partial charge on any atom is -0.454 e.